The first kappa shape index (κ1) is 13.6. The van der Waals surface area contributed by atoms with Crippen molar-refractivity contribution in [1.29, 1.82) is 0 Å². The van der Waals surface area contributed by atoms with Gasteiger partial charge in [-0.1, -0.05) is 18.2 Å². The van der Waals surface area contributed by atoms with Crippen LogP contribution in [0.25, 0.3) is 0 Å². The van der Waals surface area contributed by atoms with E-state index in [2.05, 4.69) is 15.9 Å². The van der Waals surface area contributed by atoms with Gasteiger partial charge >= 0.3 is 0 Å². The quantitative estimate of drug-likeness (QED) is 0.788. The zero-order valence-corrected chi connectivity index (χ0v) is 12.0. The van der Waals surface area contributed by atoms with Crippen molar-refractivity contribution in [2.75, 3.05) is 13.7 Å². The summed E-state index contributed by atoms with van der Waals surface area (Å²) >= 11 is 3.35. The van der Waals surface area contributed by atoms with Crippen molar-refractivity contribution in [2.24, 2.45) is 0 Å². The highest BCUT2D eigenvalue weighted by molar-refractivity contribution is 9.10. The van der Waals surface area contributed by atoms with Crippen molar-refractivity contribution < 1.29 is 14.3 Å². The lowest BCUT2D eigenvalue weighted by molar-refractivity contribution is 0.0921. The molecule has 19 heavy (non-hydrogen) atoms. The van der Waals surface area contributed by atoms with Gasteiger partial charge in [-0.15, -0.1) is 0 Å². The summed E-state index contributed by atoms with van der Waals surface area (Å²) in [7, 11) is 1.56. The highest BCUT2D eigenvalue weighted by Crippen LogP contribution is 2.25. The summed E-state index contributed by atoms with van der Waals surface area (Å²) in [4.78, 5) is 12.0. The number of methoxy groups -OCH3 is 1. The van der Waals surface area contributed by atoms with Crippen LogP contribution in [0.5, 0.6) is 11.5 Å². The summed E-state index contributed by atoms with van der Waals surface area (Å²) < 4.78 is 11.4. The number of ketones is 1. The van der Waals surface area contributed by atoms with Crippen LogP contribution in [0.4, 0.5) is 0 Å². The summed E-state index contributed by atoms with van der Waals surface area (Å²) in [6, 6.07) is 14.5. The van der Waals surface area contributed by atoms with Gasteiger partial charge < -0.3 is 9.47 Å². The molecule has 0 bridgehead atoms. The number of para-hydroxylation sites is 1. The fourth-order valence-electron chi connectivity index (χ4n) is 1.58. The van der Waals surface area contributed by atoms with E-state index >= 15 is 0 Å². The topological polar surface area (TPSA) is 35.5 Å². The molecule has 0 aromatic heterocycles. The minimum atomic E-state index is -0.0883. The largest absolute Gasteiger partial charge is 0.496 e. The fourth-order valence-corrected chi connectivity index (χ4v) is 1.99. The molecule has 2 aromatic carbocycles. The maximum absolute atomic E-state index is 12.0. The maximum Gasteiger partial charge on any atom is 0.200 e. The Labute approximate surface area is 120 Å². The van der Waals surface area contributed by atoms with Crippen molar-refractivity contribution in [3.63, 3.8) is 0 Å². The molecule has 98 valence electrons. The molecular formula is C15H13BrO3. The molecule has 0 radical (unpaired) electrons. The van der Waals surface area contributed by atoms with Crippen molar-refractivity contribution in [1.82, 2.24) is 0 Å². The van der Waals surface area contributed by atoms with E-state index < -0.39 is 0 Å². The molecule has 0 saturated heterocycles. The Morgan fingerprint density at radius 2 is 1.89 bits per heavy atom. The molecule has 0 aliphatic heterocycles. The number of halogens is 1. The van der Waals surface area contributed by atoms with Crippen molar-refractivity contribution in [2.45, 2.75) is 0 Å². The second kappa shape index (κ2) is 6.38. The van der Waals surface area contributed by atoms with Gasteiger partial charge in [-0.25, -0.2) is 0 Å². The van der Waals surface area contributed by atoms with E-state index in [0.29, 0.717) is 17.1 Å². The molecule has 2 aromatic rings. The van der Waals surface area contributed by atoms with Gasteiger partial charge in [-0.05, 0) is 46.3 Å². The number of rotatable bonds is 5. The van der Waals surface area contributed by atoms with E-state index in [4.69, 9.17) is 9.47 Å². The van der Waals surface area contributed by atoms with Crippen molar-refractivity contribution in [3.05, 3.63) is 58.6 Å². The van der Waals surface area contributed by atoms with Gasteiger partial charge in [0.2, 0.25) is 0 Å². The Bertz CT molecular complexity index is 567. The van der Waals surface area contributed by atoms with Gasteiger partial charge in [0.25, 0.3) is 0 Å². The fraction of sp³-hybridized carbons (Fsp3) is 0.133. The van der Waals surface area contributed by atoms with Crippen LogP contribution in [0.1, 0.15) is 10.4 Å². The lowest BCUT2D eigenvalue weighted by Gasteiger charge is -2.07. The average Bonchev–Trinajstić information content (AvgIpc) is 2.46. The summed E-state index contributed by atoms with van der Waals surface area (Å²) in [6.45, 7) is 0.00873. The first-order valence-corrected chi connectivity index (χ1v) is 6.54. The van der Waals surface area contributed by atoms with Crippen molar-refractivity contribution in [3.8, 4) is 11.5 Å². The minimum Gasteiger partial charge on any atom is -0.496 e. The second-order valence-electron chi connectivity index (χ2n) is 3.87. The molecule has 0 aliphatic rings. The third-order valence-electron chi connectivity index (χ3n) is 2.59. The van der Waals surface area contributed by atoms with E-state index in [1.54, 1.807) is 25.3 Å². The number of carbonyl (C=O) groups excluding carboxylic acids is 1. The van der Waals surface area contributed by atoms with Gasteiger partial charge in [-0.3, -0.25) is 4.79 Å². The van der Waals surface area contributed by atoms with Crippen LogP contribution >= 0.6 is 15.9 Å². The van der Waals surface area contributed by atoms with Gasteiger partial charge in [-0.2, -0.15) is 0 Å². The van der Waals surface area contributed by atoms with Crippen LogP contribution in [0.2, 0.25) is 0 Å². The number of ether oxygens (including phenoxy) is 2. The van der Waals surface area contributed by atoms with E-state index in [9.17, 15) is 4.79 Å². The molecule has 0 fully saturated rings. The van der Waals surface area contributed by atoms with Crippen LogP contribution < -0.4 is 9.47 Å². The summed E-state index contributed by atoms with van der Waals surface area (Å²) in [5.41, 5.74) is 0.566. The lowest BCUT2D eigenvalue weighted by Crippen LogP contribution is -2.11. The molecule has 3 nitrogen and oxygen atoms in total. The molecule has 2 rings (SSSR count). The Morgan fingerprint density at radius 3 is 2.58 bits per heavy atom. The summed E-state index contributed by atoms with van der Waals surface area (Å²) in [6.07, 6.45) is 0. The smallest absolute Gasteiger partial charge is 0.200 e. The van der Waals surface area contributed by atoms with Crippen LogP contribution in [0.15, 0.2) is 53.0 Å². The highest BCUT2D eigenvalue weighted by Gasteiger charge is 2.10. The predicted octanol–water partition coefficient (Wildman–Crippen LogP) is 3.72. The minimum absolute atomic E-state index is 0.00873. The zero-order chi connectivity index (χ0) is 13.7. The summed E-state index contributed by atoms with van der Waals surface area (Å²) in [5.74, 6) is 1.22. The second-order valence-corrected chi connectivity index (χ2v) is 4.73. The third-order valence-corrected chi connectivity index (χ3v) is 3.24. The van der Waals surface area contributed by atoms with E-state index in [0.717, 1.165) is 4.47 Å². The molecular weight excluding hydrogens is 308 g/mol. The highest BCUT2D eigenvalue weighted by atomic mass is 79.9. The van der Waals surface area contributed by atoms with Crippen LogP contribution in [-0.4, -0.2) is 19.5 Å². The standard InChI is InChI=1S/C15H13BrO3/c1-18-15-9-11(7-8-13(15)16)14(17)10-19-12-5-3-2-4-6-12/h2-9H,10H2,1H3. The molecule has 4 heteroatoms. The number of carbonyl (C=O) groups is 1. The number of hydrogen-bond donors (Lipinski definition) is 0. The Kier molecular flexibility index (Phi) is 4.58. The number of hydrogen-bond acceptors (Lipinski definition) is 3. The zero-order valence-electron chi connectivity index (χ0n) is 10.4. The normalized spacial score (nSPS) is 10.0. The summed E-state index contributed by atoms with van der Waals surface area (Å²) in [5, 5.41) is 0. The Hall–Kier alpha value is -1.81. The molecule has 0 unspecified atom stereocenters. The molecule has 0 atom stereocenters. The molecule has 0 saturated carbocycles. The molecule has 0 N–H and O–H groups in total. The Balaban J connectivity index is 2.04. The van der Waals surface area contributed by atoms with Crippen LogP contribution in [0, 0.1) is 0 Å². The first-order chi connectivity index (χ1) is 9.20. The predicted molar refractivity (Wildman–Crippen MR) is 77.0 cm³/mol. The van der Waals surface area contributed by atoms with Gasteiger partial charge in [0, 0.05) is 5.56 Å². The number of benzene rings is 2. The first-order valence-electron chi connectivity index (χ1n) is 5.75. The van der Waals surface area contributed by atoms with Gasteiger partial charge in [0.15, 0.2) is 12.4 Å². The van der Waals surface area contributed by atoms with Crippen LogP contribution in [0.3, 0.4) is 0 Å². The molecule has 0 aliphatic carbocycles. The van der Waals surface area contributed by atoms with Gasteiger partial charge in [0.05, 0.1) is 11.6 Å². The monoisotopic (exact) mass is 320 g/mol. The third kappa shape index (κ3) is 3.58. The Morgan fingerprint density at radius 1 is 1.16 bits per heavy atom. The van der Waals surface area contributed by atoms with E-state index in [-0.39, 0.29) is 12.4 Å². The SMILES string of the molecule is COc1cc(C(=O)COc2ccccc2)ccc1Br. The molecule has 0 amide bonds. The van der Waals surface area contributed by atoms with E-state index in [1.165, 1.54) is 0 Å². The average molecular weight is 321 g/mol. The maximum atomic E-state index is 12.0. The molecule has 0 spiro atoms. The lowest BCUT2D eigenvalue weighted by atomic mass is 10.1. The number of Topliss-reactive ketones (excluding diaryl/α,β-unsaturated/α-hetero) is 1. The van der Waals surface area contributed by atoms with Crippen molar-refractivity contribution >= 4 is 21.7 Å². The van der Waals surface area contributed by atoms with Crippen LogP contribution in [-0.2, 0) is 0 Å². The molecule has 0 heterocycles. The van der Waals surface area contributed by atoms with Gasteiger partial charge in [0.1, 0.15) is 11.5 Å². The van der Waals surface area contributed by atoms with E-state index in [1.807, 2.05) is 30.3 Å².